The minimum Gasteiger partial charge on any atom is -0.355 e. The minimum atomic E-state index is 0.0270. The van der Waals surface area contributed by atoms with Crippen molar-refractivity contribution >= 4 is 5.91 Å². The fraction of sp³-hybridized carbons (Fsp3) is 0.375. The first-order chi connectivity index (χ1) is 10.2. The van der Waals surface area contributed by atoms with E-state index in [1.165, 1.54) is 0 Å². The summed E-state index contributed by atoms with van der Waals surface area (Å²) >= 11 is 0. The van der Waals surface area contributed by atoms with Crippen LogP contribution in [0, 0.1) is 0 Å². The number of nitrogens with zero attached hydrogens (tertiary/aromatic N) is 2. The normalized spacial score (nSPS) is 12.1. The summed E-state index contributed by atoms with van der Waals surface area (Å²) in [6.07, 6.45) is 4.76. The fourth-order valence-corrected chi connectivity index (χ4v) is 1.97. The van der Waals surface area contributed by atoms with E-state index >= 15 is 0 Å². The highest BCUT2D eigenvalue weighted by Gasteiger charge is 2.10. The summed E-state index contributed by atoms with van der Waals surface area (Å²) in [7, 11) is 0. The highest BCUT2D eigenvalue weighted by Crippen LogP contribution is 2.13. The van der Waals surface area contributed by atoms with Crippen LogP contribution in [0.25, 0.3) is 5.69 Å². The molecule has 0 aliphatic rings. The highest BCUT2D eigenvalue weighted by molar-refractivity contribution is 5.77. The molecule has 1 unspecified atom stereocenters. The molecular weight excluding hydrogens is 264 g/mol. The lowest BCUT2D eigenvalue weighted by atomic mass is 10.2. The van der Waals surface area contributed by atoms with Crippen LogP contribution in [0.2, 0.25) is 0 Å². The van der Waals surface area contributed by atoms with Crippen molar-refractivity contribution in [3.63, 3.8) is 0 Å². The molecule has 0 spiro atoms. The second-order valence-corrected chi connectivity index (χ2v) is 5.01. The molecule has 1 amide bonds. The first-order valence-corrected chi connectivity index (χ1v) is 7.30. The fourth-order valence-electron chi connectivity index (χ4n) is 1.97. The molecule has 0 saturated heterocycles. The predicted molar refractivity (Wildman–Crippen MR) is 83.3 cm³/mol. The minimum absolute atomic E-state index is 0.0270. The van der Waals surface area contributed by atoms with Crippen LogP contribution in [0.15, 0.2) is 42.7 Å². The van der Waals surface area contributed by atoms with Gasteiger partial charge in [0.2, 0.25) is 5.91 Å². The molecule has 2 N–H and O–H groups in total. The van der Waals surface area contributed by atoms with E-state index in [0.717, 1.165) is 24.2 Å². The molecule has 2 rings (SSSR count). The molecule has 0 fully saturated rings. The van der Waals surface area contributed by atoms with Crippen molar-refractivity contribution in [2.75, 3.05) is 13.1 Å². The Balaban J connectivity index is 1.90. The van der Waals surface area contributed by atoms with Gasteiger partial charge < -0.3 is 10.6 Å². The average molecular weight is 286 g/mol. The highest BCUT2D eigenvalue weighted by atomic mass is 16.1. The van der Waals surface area contributed by atoms with Crippen molar-refractivity contribution in [2.24, 2.45) is 0 Å². The number of hydrogen-bond donors (Lipinski definition) is 2. The van der Waals surface area contributed by atoms with Crippen LogP contribution in [0.4, 0.5) is 0 Å². The molecule has 21 heavy (non-hydrogen) atoms. The van der Waals surface area contributed by atoms with Gasteiger partial charge in [0.15, 0.2) is 0 Å². The van der Waals surface area contributed by atoms with Crippen LogP contribution in [0.3, 0.4) is 0 Å². The SMILES string of the molecule is CCCNC(=O)CNC(C)c1cnn(-c2ccccc2)c1. The third-order valence-corrected chi connectivity index (χ3v) is 3.26. The molecule has 0 bridgehead atoms. The van der Waals surface area contributed by atoms with Crippen molar-refractivity contribution in [1.29, 1.82) is 0 Å². The topological polar surface area (TPSA) is 59.0 Å². The lowest BCUT2D eigenvalue weighted by molar-refractivity contribution is -0.120. The van der Waals surface area contributed by atoms with Gasteiger partial charge in [-0.15, -0.1) is 0 Å². The zero-order valence-electron chi connectivity index (χ0n) is 12.5. The van der Waals surface area contributed by atoms with Gasteiger partial charge in [0, 0.05) is 24.3 Å². The van der Waals surface area contributed by atoms with Crippen molar-refractivity contribution in [3.05, 3.63) is 48.3 Å². The Bertz CT molecular complexity index is 565. The number of rotatable bonds is 7. The smallest absolute Gasteiger partial charge is 0.233 e. The summed E-state index contributed by atoms with van der Waals surface area (Å²) in [6.45, 7) is 5.10. The van der Waals surface area contributed by atoms with Gasteiger partial charge in [0.1, 0.15) is 0 Å². The summed E-state index contributed by atoms with van der Waals surface area (Å²) in [5.41, 5.74) is 2.08. The van der Waals surface area contributed by atoms with Gasteiger partial charge in [-0.1, -0.05) is 25.1 Å². The molecule has 1 aromatic carbocycles. The monoisotopic (exact) mass is 286 g/mol. The number of para-hydroxylation sites is 1. The maximum absolute atomic E-state index is 11.6. The Morgan fingerprint density at radius 1 is 1.33 bits per heavy atom. The summed E-state index contributed by atoms with van der Waals surface area (Å²) in [4.78, 5) is 11.6. The zero-order valence-corrected chi connectivity index (χ0v) is 12.5. The molecule has 0 radical (unpaired) electrons. The molecule has 1 heterocycles. The van der Waals surface area contributed by atoms with E-state index in [-0.39, 0.29) is 11.9 Å². The first-order valence-electron chi connectivity index (χ1n) is 7.30. The number of carbonyl (C=O) groups is 1. The Hall–Kier alpha value is -2.14. The molecule has 5 heteroatoms. The third kappa shape index (κ3) is 4.43. The maximum Gasteiger partial charge on any atom is 0.233 e. The number of nitrogens with one attached hydrogen (secondary N) is 2. The maximum atomic E-state index is 11.6. The molecule has 0 aliphatic carbocycles. The van der Waals surface area contributed by atoms with Gasteiger partial charge in [-0.3, -0.25) is 4.79 Å². The van der Waals surface area contributed by atoms with Gasteiger partial charge in [0.05, 0.1) is 18.4 Å². The van der Waals surface area contributed by atoms with E-state index in [2.05, 4.69) is 15.7 Å². The predicted octanol–water partition coefficient (Wildman–Crippen LogP) is 2.05. The molecule has 0 saturated carbocycles. The van der Waals surface area contributed by atoms with Gasteiger partial charge >= 0.3 is 0 Å². The largest absolute Gasteiger partial charge is 0.355 e. The Kier molecular flexibility index (Phi) is 5.51. The average Bonchev–Trinajstić information content (AvgIpc) is 3.01. The lowest BCUT2D eigenvalue weighted by Gasteiger charge is -2.11. The van der Waals surface area contributed by atoms with Crippen LogP contribution < -0.4 is 10.6 Å². The number of hydrogen-bond acceptors (Lipinski definition) is 3. The summed E-state index contributed by atoms with van der Waals surface area (Å²) in [6, 6.07) is 10.0. The van der Waals surface area contributed by atoms with E-state index < -0.39 is 0 Å². The van der Waals surface area contributed by atoms with E-state index in [4.69, 9.17) is 0 Å². The molecule has 112 valence electrons. The molecule has 1 aromatic heterocycles. The van der Waals surface area contributed by atoms with Crippen LogP contribution in [-0.4, -0.2) is 28.8 Å². The van der Waals surface area contributed by atoms with Crippen molar-refractivity contribution < 1.29 is 4.79 Å². The van der Waals surface area contributed by atoms with E-state index in [9.17, 15) is 4.79 Å². The van der Waals surface area contributed by atoms with Crippen molar-refractivity contribution in [3.8, 4) is 5.69 Å². The molecule has 2 aromatic rings. The quantitative estimate of drug-likeness (QED) is 0.819. The van der Waals surface area contributed by atoms with Gasteiger partial charge in [-0.05, 0) is 25.5 Å². The standard InChI is InChI=1S/C16H22N4O/c1-3-9-17-16(21)11-18-13(2)14-10-19-20(12-14)15-7-5-4-6-8-15/h4-8,10,12-13,18H,3,9,11H2,1-2H3,(H,17,21). The molecule has 1 atom stereocenters. The van der Waals surface area contributed by atoms with E-state index in [1.54, 1.807) is 0 Å². The van der Waals surface area contributed by atoms with E-state index in [0.29, 0.717) is 6.54 Å². The Labute approximate surface area is 125 Å². The molecule has 0 aliphatic heterocycles. The summed E-state index contributed by atoms with van der Waals surface area (Å²) in [5, 5.41) is 10.4. The summed E-state index contributed by atoms with van der Waals surface area (Å²) < 4.78 is 1.84. The third-order valence-electron chi connectivity index (χ3n) is 3.26. The summed E-state index contributed by atoms with van der Waals surface area (Å²) in [5.74, 6) is 0.0270. The molecule has 5 nitrogen and oxygen atoms in total. The van der Waals surface area contributed by atoms with Crippen molar-refractivity contribution in [1.82, 2.24) is 20.4 Å². The molecular formula is C16H22N4O. The zero-order chi connectivity index (χ0) is 15.1. The second-order valence-electron chi connectivity index (χ2n) is 5.01. The van der Waals surface area contributed by atoms with Crippen molar-refractivity contribution in [2.45, 2.75) is 26.3 Å². The van der Waals surface area contributed by atoms with Gasteiger partial charge in [-0.2, -0.15) is 5.10 Å². The van der Waals surface area contributed by atoms with Crippen LogP contribution >= 0.6 is 0 Å². The second kappa shape index (κ2) is 7.59. The Morgan fingerprint density at radius 2 is 2.10 bits per heavy atom. The van der Waals surface area contributed by atoms with Crippen LogP contribution in [0.1, 0.15) is 31.9 Å². The number of benzene rings is 1. The van der Waals surface area contributed by atoms with Gasteiger partial charge in [0.25, 0.3) is 0 Å². The Morgan fingerprint density at radius 3 is 2.81 bits per heavy atom. The van der Waals surface area contributed by atoms with Crippen LogP contribution in [0.5, 0.6) is 0 Å². The number of amides is 1. The number of aromatic nitrogens is 2. The van der Waals surface area contributed by atoms with Crippen LogP contribution in [-0.2, 0) is 4.79 Å². The van der Waals surface area contributed by atoms with E-state index in [1.807, 2.05) is 61.3 Å². The lowest BCUT2D eigenvalue weighted by Crippen LogP contribution is -2.35. The van der Waals surface area contributed by atoms with Gasteiger partial charge in [-0.25, -0.2) is 4.68 Å². The first kappa shape index (κ1) is 15.3. The number of carbonyl (C=O) groups excluding carboxylic acids is 1.